The third-order valence-corrected chi connectivity index (χ3v) is 3.53. The maximum atomic E-state index is 4.03. The highest BCUT2D eigenvalue weighted by atomic mass is 32.1. The Labute approximate surface area is 99.5 Å². The molecule has 0 atom stereocenters. The molecular weight excluding hydrogens is 218 g/mol. The first-order valence-corrected chi connectivity index (χ1v) is 6.20. The molecule has 2 rings (SSSR count). The summed E-state index contributed by atoms with van der Waals surface area (Å²) in [5, 5.41) is 11.2. The van der Waals surface area contributed by atoms with Crippen molar-refractivity contribution in [2.45, 2.75) is 26.8 Å². The first-order valence-electron chi connectivity index (χ1n) is 5.38. The van der Waals surface area contributed by atoms with E-state index in [2.05, 4.69) is 34.6 Å². The van der Waals surface area contributed by atoms with Gasteiger partial charge in [-0.05, 0) is 37.1 Å². The van der Waals surface area contributed by atoms with Crippen LogP contribution in [0, 0.1) is 6.92 Å². The second-order valence-electron chi connectivity index (χ2n) is 3.69. The molecule has 0 aromatic carbocycles. The molecule has 0 radical (unpaired) electrons. The molecule has 0 saturated carbocycles. The van der Waals surface area contributed by atoms with Crippen LogP contribution in [-0.4, -0.2) is 10.2 Å². The SMILES string of the molecule is CCc1ccc(CNc2cc(C)cnn2)s1. The molecule has 0 aliphatic heterocycles. The topological polar surface area (TPSA) is 37.8 Å². The summed E-state index contributed by atoms with van der Waals surface area (Å²) in [7, 11) is 0. The minimum absolute atomic E-state index is 0.822. The van der Waals surface area contributed by atoms with E-state index in [0.717, 1.165) is 24.3 Å². The minimum atomic E-state index is 0.822. The highest BCUT2D eigenvalue weighted by Crippen LogP contribution is 2.17. The van der Waals surface area contributed by atoms with Crippen LogP contribution in [0.5, 0.6) is 0 Å². The Bertz CT molecular complexity index is 465. The van der Waals surface area contributed by atoms with Crippen LogP contribution in [0.25, 0.3) is 0 Å². The monoisotopic (exact) mass is 233 g/mol. The van der Waals surface area contributed by atoms with Gasteiger partial charge in [0, 0.05) is 9.75 Å². The summed E-state index contributed by atoms with van der Waals surface area (Å²) >= 11 is 1.85. The second kappa shape index (κ2) is 5.07. The zero-order chi connectivity index (χ0) is 11.4. The van der Waals surface area contributed by atoms with E-state index in [4.69, 9.17) is 0 Å². The molecule has 0 unspecified atom stereocenters. The molecule has 0 bridgehead atoms. The van der Waals surface area contributed by atoms with E-state index in [9.17, 15) is 0 Å². The molecule has 2 aromatic rings. The second-order valence-corrected chi connectivity index (χ2v) is 4.95. The van der Waals surface area contributed by atoms with E-state index in [0.29, 0.717) is 0 Å². The summed E-state index contributed by atoms with van der Waals surface area (Å²) in [6.45, 7) is 5.01. The van der Waals surface area contributed by atoms with Gasteiger partial charge in [-0.2, -0.15) is 5.10 Å². The highest BCUT2D eigenvalue weighted by Gasteiger charge is 1.99. The van der Waals surface area contributed by atoms with Gasteiger partial charge in [0.05, 0.1) is 12.7 Å². The molecule has 16 heavy (non-hydrogen) atoms. The van der Waals surface area contributed by atoms with E-state index in [1.807, 2.05) is 24.3 Å². The van der Waals surface area contributed by atoms with Gasteiger partial charge in [0.25, 0.3) is 0 Å². The third-order valence-electron chi connectivity index (χ3n) is 2.30. The standard InChI is InChI=1S/C12H15N3S/c1-3-10-4-5-11(16-10)8-13-12-6-9(2)7-14-15-12/h4-7H,3,8H2,1-2H3,(H,13,15). The van der Waals surface area contributed by atoms with E-state index in [-0.39, 0.29) is 0 Å². The summed E-state index contributed by atoms with van der Waals surface area (Å²) in [5.41, 5.74) is 1.12. The Morgan fingerprint density at radius 3 is 2.81 bits per heavy atom. The molecule has 0 spiro atoms. The molecular formula is C12H15N3S. The van der Waals surface area contributed by atoms with Crippen molar-refractivity contribution in [2.75, 3.05) is 5.32 Å². The lowest BCUT2D eigenvalue weighted by atomic mass is 10.3. The van der Waals surface area contributed by atoms with Gasteiger partial charge in [-0.3, -0.25) is 0 Å². The number of aryl methyl sites for hydroxylation is 2. The van der Waals surface area contributed by atoms with Crippen LogP contribution in [0.4, 0.5) is 5.82 Å². The lowest BCUT2D eigenvalue weighted by Gasteiger charge is -2.02. The summed E-state index contributed by atoms with van der Waals surface area (Å²) in [6, 6.07) is 6.35. The van der Waals surface area contributed by atoms with Gasteiger partial charge in [-0.1, -0.05) is 6.92 Å². The van der Waals surface area contributed by atoms with Crippen LogP contribution in [0.1, 0.15) is 22.2 Å². The molecule has 0 aliphatic rings. The van der Waals surface area contributed by atoms with Gasteiger partial charge < -0.3 is 5.32 Å². The number of hydrogen-bond acceptors (Lipinski definition) is 4. The van der Waals surface area contributed by atoms with Crippen molar-refractivity contribution >= 4 is 17.2 Å². The first-order chi connectivity index (χ1) is 7.78. The normalized spacial score (nSPS) is 10.4. The summed E-state index contributed by atoms with van der Waals surface area (Å²) < 4.78 is 0. The Morgan fingerprint density at radius 2 is 2.12 bits per heavy atom. The van der Waals surface area contributed by atoms with Crippen molar-refractivity contribution in [1.29, 1.82) is 0 Å². The number of hydrogen-bond donors (Lipinski definition) is 1. The molecule has 84 valence electrons. The quantitative estimate of drug-likeness (QED) is 0.882. The van der Waals surface area contributed by atoms with Crippen LogP contribution in [0.15, 0.2) is 24.4 Å². The van der Waals surface area contributed by atoms with Crippen molar-refractivity contribution in [1.82, 2.24) is 10.2 Å². The Kier molecular flexibility index (Phi) is 3.51. The molecule has 0 aliphatic carbocycles. The average Bonchev–Trinajstić information content (AvgIpc) is 2.74. The Hall–Kier alpha value is -1.42. The third kappa shape index (κ3) is 2.79. The van der Waals surface area contributed by atoms with E-state index in [1.54, 1.807) is 6.20 Å². The summed E-state index contributed by atoms with van der Waals surface area (Å²) in [5.74, 6) is 0.839. The van der Waals surface area contributed by atoms with Crippen molar-refractivity contribution in [3.63, 3.8) is 0 Å². The Morgan fingerprint density at radius 1 is 1.31 bits per heavy atom. The zero-order valence-corrected chi connectivity index (χ0v) is 10.3. The predicted molar refractivity (Wildman–Crippen MR) is 67.8 cm³/mol. The lowest BCUT2D eigenvalue weighted by molar-refractivity contribution is 0.993. The number of thiophene rings is 1. The molecule has 3 nitrogen and oxygen atoms in total. The van der Waals surface area contributed by atoms with Gasteiger partial charge >= 0.3 is 0 Å². The molecule has 2 heterocycles. The fourth-order valence-electron chi connectivity index (χ4n) is 1.44. The van der Waals surface area contributed by atoms with Crippen LogP contribution in [-0.2, 0) is 13.0 Å². The fraction of sp³-hybridized carbons (Fsp3) is 0.333. The smallest absolute Gasteiger partial charge is 0.149 e. The van der Waals surface area contributed by atoms with E-state index < -0.39 is 0 Å². The fourth-order valence-corrected chi connectivity index (χ4v) is 2.33. The van der Waals surface area contributed by atoms with Crippen molar-refractivity contribution in [3.05, 3.63) is 39.7 Å². The maximum absolute atomic E-state index is 4.03. The molecule has 1 N–H and O–H groups in total. The van der Waals surface area contributed by atoms with Gasteiger partial charge in [0.1, 0.15) is 5.82 Å². The zero-order valence-electron chi connectivity index (χ0n) is 9.53. The Balaban J connectivity index is 1.96. The molecule has 0 amide bonds. The largest absolute Gasteiger partial charge is 0.364 e. The van der Waals surface area contributed by atoms with Crippen molar-refractivity contribution in [3.8, 4) is 0 Å². The van der Waals surface area contributed by atoms with Crippen molar-refractivity contribution in [2.24, 2.45) is 0 Å². The van der Waals surface area contributed by atoms with E-state index in [1.165, 1.54) is 9.75 Å². The molecule has 0 fully saturated rings. The maximum Gasteiger partial charge on any atom is 0.149 e. The van der Waals surface area contributed by atoms with Gasteiger partial charge in [-0.25, -0.2) is 0 Å². The van der Waals surface area contributed by atoms with E-state index >= 15 is 0 Å². The van der Waals surface area contributed by atoms with Crippen LogP contribution in [0.2, 0.25) is 0 Å². The van der Waals surface area contributed by atoms with Crippen LogP contribution < -0.4 is 5.32 Å². The van der Waals surface area contributed by atoms with Gasteiger partial charge in [-0.15, -0.1) is 16.4 Å². The molecule has 4 heteroatoms. The number of rotatable bonds is 4. The number of nitrogens with zero attached hydrogens (tertiary/aromatic N) is 2. The van der Waals surface area contributed by atoms with Crippen LogP contribution in [0.3, 0.4) is 0 Å². The molecule has 2 aromatic heterocycles. The molecule has 0 saturated heterocycles. The average molecular weight is 233 g/mol. The minimum Gasteiger partial charge on any atom is -0.364 e. The van der Waals surface area contributed by atoms with Gasteiger partial charge in [0.15, 0.2) is 0 Å². The lowest BCUT2D eigenvalue weighted by Crippen LogP contribution is -2.00. The number of aromatic nitrogens is 2. The highest BCUT2D eigenvalue weighted by molar-refractivity contribution is 7.12. The van der Waals surface area contributed by atoms with Gasteiger partial charge in [0.2, 0.25) is 0 Å². The number of nitrogens with one attached hydrogen (secondary N) is 1. The summed E-state index contributed by atoms with van der Waals surface area (Å²) in [6.07, 6.45) is 2.86. The number of anilines is 1. The van der Waals surface area contributed by atoms with Crippen LogP contribution >= 0.6 is 11.3 Å². The predicted octanol–water partition coefficient (Wildman–Crippen LogP) is 3.02. The first kappa shape index (κ1) is 11.1. The summed E-state index contributed by atoms with van der Waals surface area (Å²) in [4.78, 5) is 2.76. The van der Waals surface area contributed by atoms with Crippen molar-refractivity contribution < 1.29 is 0 Å².